The summed E-state index contributed by atoms with van der Waals surface area (Å²) in [5.74, 6) is -0.577. The maximum atomic E-state index is 12.6. The molecule has 8 heteroatoms. The Labute approximate surface area is 123 Å². The first-order valence-corrected chi connectivity index (χ1v) is 6.31. The minimum absolute atomic E-state index is 0.132. The molecular weight excluding hydrogens is 299 g/mol. The molecule has 0 unspecified atom stereocenters. The van der Waals surface area contributed by atoms with Crippen molar-refractivity contribution in [1.29, 1.82) is 0 Å². The topological polar surface area (TPSA) is 64.0 Å². The largest absolute Gasteiger partial charge is 0.421 e. The number of aromatic nitrogens is 2. The van der Waals surface area contributed by atoms with Crippen LogP contribution in [0.15, 0.2) is 47.5 Å². The number of hydrogen-bond donors (Lipinski definition) is 1. The van der Waals surface area contributed by atoms with Crippen molar-refractivity contribution < 1.29 is 18.0 Å². The summed E-state index contributed by atoms with van der Waals surface area (Å²) in [6, 6.07) is 6.91. The van der Waals surface area contributed by atoms with Gasteiger partial charge in [0.15, 0.2) is 0 Å². The molecule has 0 aromatic carbocycles. The number of nitrogens with zero attached hydrogens (tertiary/aromatic N) is 2. The average Bonchev–Trinajstić information content (AvgIpc) is 2.47. The molecule has 5 nitrogen and oxygen atoms in total. The van der Waals surface area contributed by atoms with Crippen molar-refractivity contribution in [3.8, 4) is 0 Å². The molecule has 0 aliphatic heterocycles. The molecular formula is C14H12F3N3O2. The molecule has 0 aliphatic carbocycles. The maximum Gasteiger partial charge on any atom is 0.421 e. The smallest absolute Gasteiger partial charge is 0.349 e. The van der Waals surface area contributed by atoms with Gasteiger partial charge in [0.1, 0.15) is 12.1 Å². The second kappa shape index (κ2) is 6.42. The fraction of sp³-hybridized carbons (Fsp3) is 0.214. The van der Waals surface area contributed by atoms with E-state index in [-0.39, 0.29) is 6.54 Å². The van der Waals surface area contributed by atoms with Crippen LogP contribution in [0, 0.1) is 0 Å². The highest BCUT2D eigenvalue weighted by Gasteiger charge is 2.34. The average molecular weight is 311 g/mol. The summed E-state index contributed by atoms with van der Waals surface area (Å²) in [6.07, 6.45) is -2.05. The number of pyridine rings is 2. The first-order chi connectivity index (χ1) is 10.4. The van der Waals surface area contributed by atoms with Crippen molar-refractivity contribution in [2.75, 3.05) is 0 Å². The number of rotatable bonds is 4. The molecule has 0 saturated heterocycles. The highest BCUT2D eigenvalue weighted by atomic mass is 19.4. The predicted molar refractivity (Wildman–Crippen MR) is 71.8 cm³/mol. The number of halogens is 3. The van der Waals surface area contributed by atoms with Gasteiger partial charge in [0.05, 0.1) is 12.2 Å². The van der Waals surface area contributed by atoms with E-state index in [0.29, 0.717) is 11.8 Å². The van der Waals surface area contributed by atoms with Crippen LogP contribution in [0.5, 0.6) is 0 Å². The Morgan fingerprint density at radius 1 is 1.23 bits per heavy atom. The molecule has 2 aromatic rings. The van der Waals surface area contributed by atoms with E-state index in [9.17, 15) is 22.8 Å². The Hall–Kier alpha value is -2.64. The van der Waals surface area contributed by atoms with E-state index in [1.165, 1.54) is 0 Å². The third kappa shape index (κ3) is 3.94. The molecule has 1 N–H and O–H groups in total. The number of carbonyl (C=O) groups excluding carboxylic acids is 1. The standard InChI is InChI=1S/C14H12F3N3O2/c15-14(16,17)11-5-3-7-20(13(11)22)9-12(21)19-8-10-4-1-2-6-18-10/h1-7H,8-9H2,(H,19,21). The zero-order valence-corrected chi connectivity index (χ0v) is 11.3. The fourth-order valence-electron chi connectivity index (χ4n) is 1.78. The number of hydrogen-bond acceptors (Lipinski definition) is 3. The van der Waals surface area contributed by atoms with Gasteiger partial charge in [-0.05, 0) is 24.3 Å². The second-order valence-corrected chi connectivity index (χ2v) is 4.45. The van der Waals surface area contributed by atoms with Gasteiger partial charge < -0.3 is 9.88 Å². The van der Waals surface area contributed by atoms with Crippen LogP contribution < -0.4 is 10.9 Å². The van der Waals surface area contributed by atoms with Crippen LogP contribution in [0.25, 0.3) is 0 Å². The van der Waals surface area contributed by atoms with Crippen LogP contribution in [-0.2, 0) is 24.1 Å². The summed E-state index contributed by atoms with van der Waals surface area (Å²) in [6.45, 7) is -0.358. The predicted octanol–water partition coefficient (Wildman–Crippen LogP) is 1.58. The van der Waals surface area contributed by atoms with E-state index in [1.807, 2.05) is 0 Å². The Kier molecular flexibility index (Phi) is 4.59. The van der Waals surface area contributed by atoms with Crippen LogP contribution in [0.2, 0.25) is 0 Å². The van der Waals surface area contributed by atoms with Crippen LogP contribution >= 0.6 is 0 Å². The lowest BCUT2D eigenvalue weighted by atomic mass is 10.2. The van der Waals surface area contributed by atoms with Crippen LogP contribution in [-0.4, -0.2) is 15.5 Å². The first kappa shape index (κ1) is 15.7. The number of nitrogens with one attached hydrogen (secondary N) is 1. The second-order valence-electron chi connectivity index (χ2n) is 4.45. The van der Waals surface area contributed by atoms with Crippen molar-refractivity contribution in [2.45, 2.75) is 19.3 Å². The minimum Gasteiger partial charge on any atom is -0.349 e. The Morgan fingerprint density at radius 3 is 2.64 bits per heavy atom. The zero-order chi connectivity index (χ0) is 16.2. The van der Waals surface area contributed by atoms with Crippen molar-refractivity contribution in [3.05, 3.63) is 64.3 Å². The summed E-state index contributed by atoms with van der Waals surface area (Å²) < 4.78 is 38.6. The molecule has 2 aromatic heterocycles. The normalized spacial score (nSPS) is 11.2. The molecule has 0 bridgehead atoms. The van der Waals surface area contributed by atoms with Crippen molar-refractivity contribution in [2.24, 2.45) is 0 Å². The van der Waals surface area contributed by atoms with Gasteiger partial charge in [-0.3, -0.25) is 14.6 Å². The van der Waals surface area contributed by atoms with Gasteiger partial charge in [0.2, 0.25) is 5.91 Å². The molecule has 2 rings (SSSR count). The molecule has 0 aliphatic rings. The summed E-state index contributed by atoms with van der Waals surface area (Å²) in [5, 5.41) is 2.49. The van der Waals surface area contributed by atoms with Gasteiger partial charge in [-0.1, -0.05) is 6.07 Å². The molecule has 116 valence electrons. The van der Waals surface area contributed by atoms with Gasteiger partial charge in [-0.2, -0.15) is 13.2 Å². The Balaban J connectivity index is 2.05. The fourth-order valence-corrected chi connectivity index (χ4v) is 1.78. The van der Waals surface area contributed by atoms with E-state index in [0.717, 1.165) is 16.8 Å². The third-order valence-electron chi connectivity index (χ3n) is 2.83. The highest BCUT2D eigenvalue weighted by molar-refractivity contribution is 5.75. The molecule has 0 radical (unpaired) electrons. The van der Waals surface area contributed by atoms with Crippen LogP contribution in [0.1, 0.15) is 11.3 Å². The third-order valence-corrected chi connectivity index (χ3v) is 2.83. The van der Waals surface area contributed by atoms with Crippen molar-refractivity contribution in [3.63, 3.8) is 0 Å². The van der Waals surface area contributed by atoms with Crippen molar-refractivity contribution >= 4 is 5.91 Å². The molecule has 0 atom stereocenters. The first-order valence-electron chi connectivity index (χ1n) is 6.31. The van der Waals surface area contributed by atoms with E-state index >= 15 is 0 Å². The van der Waals surface area contributed by atoms with Gasteiger partial charge in [-0.15, -0.1) is 0 Å². The van der Waals surface area contributed by atoms with E-state index in [1.54, 1.807) is 24.4 Å². The van der Waals surface area contributed by atoms with Crippen molar-refractivity contribution in [1.82, 2.24) is 14.9 Å². The summed E-state index contributed by atoms with van der Waals surface area (Å²) >= 11 is 0. The minimum atomic E-state index is -4.75. The van der Waals surface area contributed by atoms with E-state index in [4.69, 9.17) is 0 Å². The zero-order valence-electron chi connectivity index (χ0n) is 11.3. The van der Waals surface area contributed by atoms with E-state index < -0.39 is 29.8 Å². The SMILES string of the molecule is O=C(Cn1cccc(C(F)(F)F)c1=O)NCc1ccccn1. The quantitative estimate of drug-likeness (QED) is 0.932. The van der Waals surface area contributed by atoms with Gasteiger partial charge in [-0.25, -0.2) is 0 Å². The highest BCUT2D eigenvalue weighted by Crippen LogP contribution is 2.25. The summed E-state index contributed by atoms with van der Waals surface area (Å²) in [5.41, 5.74) is -1.94. The summed E-state index contributed by atoms with van der Waals surface area (Å²) in [7, 11) is 0. The number of carbonyl (C=O) groups is 1. The molecule has 0 fully saturated rings. The monoisotopic (exact) mass is 311 g/mol. The van der Waals surface area contributed by atoms with Crippen LogP contribution in [0.4, 0.5) is 13.2 Å². The van der Waals surface area contributed by atoms with Gasteiger partial charge in [0.25, 0.3) is 5.56 Å². The number of alkyl halides is 3. The van der Waals surface area contributed by atoms with Crippen LogP contribution in [0.3, 0.4) is 0 Å². The molecule has 1 amide bonds. The maximum absolute atomic E-state index is 12.6. The Bertz CT molecular complexity index is 711. The van der Waals surface area contributed by atoms with Gasteiger partial charge >= 0.3 is 6.18 Å². The Morgan fingerprint density at radius 2 is 2.00 bits per heavy atom. The van der Waals surface area contributed by atoms with E-state index in [2.05, 4.69) is 10.3 Å². The molecule has 0 saturated carbocycles. The lowest BCUT2D eigenvalue weighted by Crippen LogP contribution is -2.34. The molecule has 22 heavy (non-hydrogen) atoms. The molecule has 2 heterocycles. The number of amides is 1. The summed E-state index contributed by atoms with van der Waals surface area (Å²) in [4.78, 5) is 27.4. The lowest BCUT2D eigenvalue weighted by molar-refractivity contribution is -0.139. The molecule has 0 spiro atoms. The lowest BCUT2D eigenvalue weighted by Gasteiger charge is -2.10. The van der Waals surface area contributed by atoms with Gasteiger partial charge in [0, 0.05) is 12.4 Å².